The standard InChI is InChI=1S/C25H33N3O2/c1-3-30-22-11-8-20(9-12-22)24-7-6-16-28(24)18-25(29)26-23-13-10-21(17-19(23)2)27-14-4-5-15-27/h8-13,17,24H,3-7,14-16,18H2,1-2H3,(H,26,29). The molecule has 5 heteroatoms. The van der Waals surface area contributed by atoms with Crippen LogP contribution < -0.4 is 15.0 Å². The van der Waals surface area contributed by atoms with Crippen LogP contribution in [0.1, 0.15) is 49.8 Å². The molecule has 1 unspecified atom stereocenters. The molecule has 0 radical (unpaired) electrons. The predicted octanol–water partition coefficient (Wildman–Crippen LogP) is 4.77. The molecular formula is C25H33N3O2. The van der Waals surface area contributed by atoms with Gasteiger partial charge in [0, 0.05) is 30.5 Å². The third-order valence-electron chi connectivity index (χ3n) is 6.24. The van der Waals surface area contributed by atoms with Gasteiger partial charge < -0.3 is 15.0 Å². The van der Waals surface area contributed by atoms with E-state index in [4.69, 9.17) is 4.74 Å². The Morgan fingerprint density at radius 2 is 1.83 bits per heavy atom. The molecule has 2 aliphatic heterocycles. The third-order valence-corrected chi connectivity index (χ3v) is 6.24. The van der Waals surface area contributed by atoms with E-state index in [9.17, 15) is 4.79 Å². The highest BCUT2D eigenvalue weighted by atomic mass is 16.5. The number of hydrogen-bond donors (Lipinski definition) is 1. The number of likely N-dealkylation sites (tertiary alicyclic amines) is 1. The minimum atomic E-state index is 0.0601. The first-order valence-corrected chi connectivity index (χ1v) is 11.3. The van der Waals surface area contributed by atoms with E-state index >= 15 is 0 Å². The molecule has 0 aliphatic carbocycles. The van der Waals surface area contributed by atoms with Crippen LogP contribution in [-0.2, 0) is 4.79 Å². The molecule has 0 bridgehead atoms. The summed E-state index contributed by atoms with van der Waals surface area (Å²) in [7, 11) is 0. The Kier molecular flexibility index (Phi) is 6.58. The summed E-state index contributed by atoms with van der Waals surface area (Å²) in [6.45, 7) is 8.39. The predicted molar refractivity (Wildman–Crippen MR) is 122 cm³/mol. The van der Waals surface area contributed by atoms with Crippen molar-refractivity contribution in [1.29, 1.82) is 0 Å². The molecule has 0 spiro atoms. The van der Waals surface area contributed by atoms with Crippen molar-refractivity contribution in [3.63, 3.8) is 0 Å². The highest BCUT2D eigenvalue weighted by molar-refractivity contribution is 5.93. The van der Waals surface area contributed by atoms with Crippen molar-refractivity contribution in [3.8, 4) is 5.75 Å². The minimum Gasteiger partial charge on any atom is -0.494 e. The summed E-state index contributed by atoms with van der Waals surface area (Å²) < 4.78 is 5.55. The number of carbonyl (C=O) groups excluding carboxylic acids is 1. The Balaban J connectivity index is 1.37. The van der Waals surface area contributed by atoms with Crippen molar-refractivity contribution in [2.75, 3.05) is 43.0 Å². The Morgan fingerprint density at radius 1 is 1.07 bits per heavy atom. The number of amides is 1. The lowest BCUT2D eigenvalue weighted by Crippen LogP contribution is -2.33. The van der Waals surface area contributed by atoms with Crippen molar-refractivity contribution >= 4 is 17.3 Å². The molecule has 160 valence electrons. The third kappa shape index (κ3) is 4.78. The quantitative estimate of drug-likeness (QED) is 0.718. The molecule has 0 aromatic heterocycles. The number of ether oxygens (including phenoxy) is 1. The van der Waals surface area contributed by atoms with Gasteiger partial charge in [0.25, 0.3) is 0 Å². The van der Waals surface area contributed by atoms with Gasteiger partial charge in [-0.15, -0.1) is 0 Å². The Labute approximate surface area is 180 Å². The van der Waals surface area contributed by atoms with Gasteiger partial charge in [0.15, 0.2) is 0 Å². The van der Waals surface area contributed by atoms with Gasteiger partial charge in [-0.3, -0.25) is 9.69 Å². The van der Waals surface area contributed by atoms with Gasteiger partial charge in [-0.25, -0.2) is 0 Å². The summed E-state index contributed by atoms with van der Waals surface area (Å²) in [4.78, 5) is 17.5. The van der Waals surface area contributed by atoms with Crippen molar-refractivity contribution in [1.82, 2.24) is 4.90 Å². The summed E-state index contributed by atoms with van der Waals surface area (Å²) in [6, 6.07) is 15.0. The number of carbonyl (C=O) groups is 1. The van der Waals surface area contributed by atoms with Crippen molar-refractivity contribution in [2.45, 2.75) is 45.6 Å². The van der Waals surface area contributed by atoms with Gasteiger partial charge in [-0.1, -0.05) is 12.1 Å². The highest BCUT2D eigenvalue weighted by Gasteiger charge is 2.27. The molecule has 0 saturated carbocycles. The van der Waals surface area contributed by atoms with E-state index in [2.05, 4.69) is 52.4 Å². The fourth-order valence-electron chi connectivity index (χ4n) is 4.68. The van der Waals surface area contributed by atoms with Crippen LogP contribution in [-0.4, -0.2) is 43.6 Å². The SMILES string of the molecule is CCOc1ccc(C2CCCN2CC(=O)Nc2ccc(N3CCCC3)cc2C)cc1. The van der Waals surface area contributed by atoms with Gasteiger partial charge in [-0.05, 0) is 87.5 Å². The van der Waals surface area contributed by atoms with Crippen molar-refractivity contribution in [2.24, 2.45) is 0 Å². The zero-order valence-electron chi connectivity index (χ0n) is 18.2. The number of nitrogens with zero attached hydrogens (tertiary/aromatic N) is 2. The molecule has 2 aromatic carbocycles. The monoisotopic (exact) mass is 407 g/mol. The number of aryl methyl sites for hydroxylation is 1. The van der Waals surface area contributed by atoms with E-state index in [0.29, 0.717) is 19.2 Å². The van der Waals surface area contributed by atoms with E-state index in [1.165, 1.54) is 24.1 Å². The molecule has 1 N–H and O–H groups in total. The summed E-state index contributed by atoms with van der Waals surface area (Å²) in [5.74, 6) is 0.959. The van der Waals surface area contributed by atoms with Crippen LogP contribution in [0.4, 0.5) is 11.4 Å². The number of hydrogen-bond acceptors (Lipinski definition) is 4. The van der Waals surface area contributed by atoms with Gasteiger partial charge in [0.05, 0.1) is 13.2 Å². The average molecular weight is 408 g/mol. The maximum Gasteiger partial charge on any atom is 0.238 e. The van der Waals surface area contributed by atoms with E-state index in [1.807, 2.05) is 19.1 Å². The van der Waals surface area contributed by atoms with Gasteiger partial charge >= 0.3 is 0 Å². The van der Waals surface area contributed by atoms with Crippen molar-refractivity contribution in [3.05, 3.63) is 53.6 Å². The maximum atomic E-state index is 12.8. The molecule has 2 fully saturated rings. The summed E-state index contributed by atoms with van der Waals surface area (Å²) in [6.07, 6.45) is 4.74. The zero-order valence-corrected chi connectivity index (χ0v) is 18.2. The van der Waals surface area contributed by atoms with Gasteiger partial charge in [-0.2, -0.15) is 0 Å². The molecule has 2 heterocycles. The lowest BCUT2D eigenvalue weighted by atomic mass is 10.0. The number of rotatable bonds is 7. The van der Waals surface area contributed by atoms with Gasteiger partial charge in [0.2, 0.25) is 5.91 Å². The molecule has 1 amide bonds. The lowest BCUT2D eigenvalue weighted by molar-refractivity contribution is -0.117. The van der Waals surface area contributed by atoms with E-state index in [1.54, 1.807) is 0 Å². The number of anilines is 2. The van der Waals surface area contributed by atoms with Crippen LogP contribution in [0.25, 0.3) is 0 Å². The molecule has 5 nitrogen and oxygen atoms in total. The minimum absolute atomic E-state index is 0.0601. The van der Waals surface area contributed by atoms with Crippen LogP contribution in [0.15, 0.2) is 42.5 Å². The van der Waals surface area contributed by atoms with Crippen LogP contribution in [0.3, 0.4) is 0 Å². The smallest absolute Gasteiger partial charge is 0.238 e. The van der Waals surface area contributed by atoms with E-state index in [0.717, 1.165) is 49.5 Å². The first-order valence-electron chi connectivity index (χ1n) is 11.3. The largest absolute Gasteiger partial charge is 0.494 e. The van der Waals surface area contributed by atoms with E-state index < -0.39 is 0 Å². The topological polar surface area (TPSA) is 44.8 Å². The first-order chi connectivity index (χ1) is 14.6. The fraction of sp³-hybridized carbons (Fsp3) is 0.480. The Morgan fingerprint density at radius 3 is 2.53 bits per heavy atom. The number of benzene rings is 2. The summed E-state index contributed by atoms with van der Waals surface area (Å²) in [5, 5.41) is 3.13. The first kappa shape index (κ1) is 20.7. The normalized spacial score (nSPS) is 19.3. The highest BCUT2D eigenvalue weighted by Crippen LogP contribution is 2.33. The lowest BCUT2D eigenvalue weighted by Gasteiger charge is -2.25. The molecular weight excluding hydrogens is 374 g/mol. The Bertz CT molecular complexity index is 859. The van der Waals surface area contributed by atoms with Gasteiger partial charge in [0.1, 0.15) is 5.75 Å². The molecule has 2 aliphatic rings. The summed E-state index contributed by atoms with van der Waals surface area (Å²) in [5.41, 5.74) is 4.56. The molecule has 1 atom stereocenters. The second-order valence-corrected chi connectivity index (χ2v) is 8.37. The van der Waals surface area contributed by atoms with Crippen LogP contribution in [0, 0.1) is 6.92 Å². The fourth-order valence-corrected chi connectivity index (χ4v) is 4.68. The average Bonchev–Trinajstić information content (AvgIpc) is 3.43. The second kappa shape index (κ2) is 9.52. The van der Waals surface area contributed by atoms with Crippen molar-refractivity contribution < 1.29 is 9.53 Å². The zero-order chi connectivity index (χ0) is 20.9. The molecule has 4 rings (SSSR count). The van der Waals surface area contributed by atoms with Crippen LogP contribution in [0.5, 0.6) is 5.75 Å². The molecule has 2 aromatic rings. The number of nitrogens with one attached hydrogen (secondary N) is 1. The summed E-state index contributed by atoms with van der Waals surface area (Å²) >= 11 is 0. The molecule has 2 saturated heterocycles. The molecule has 30 heavy (non-hydrogen) atoms. The second-order valence-electron chi connectivity index (χ2n) is 8.37. The Hall–Kier alpha value is -2.53. The van der Waals surface area contributed by atoms with Crippen LogP contribution in [0.2, 0.25) is 0 Å². The maximum absolute atomic E-state index is 12.8. The van der Waals surface area contributed by atoms with Crippen LogP contribution >= 0.6 is 0 Å². The van der Waals surface area contributed by atoms with E-state index in [-0.39, 0.29) is 5.91 Å².